The fraction of sp³-hybridized carbons (Fsp3) is 0.375. The Hall–Kier alpha value is -3.36. The number of nitrogens with one attached hydrogen (secondary N) is 1. The molecule has 0 amide bonds. The monoisotopic (exact) mass is 455 g/mol. The molecule has 172 valence electrons. The highest BCUT2D eigenvalue weighted by molar-refractivity contribution is 6.01. The first kappa shape index (κ1) is 21.5. The lowest BCUT2D eigenvalue weighted by atomic mass is 9.97. The molecular formula is C24H24F3N5O. The lowest BCUT2D eigenvalue weighted by molar-refractivity contribution is -0.138. The molecule has 0 radical (unpaired) electrons. The van der Waals surface area contributed by atoms with Crippen LogP contribution < -0.4 is 11.0 Å². The van der Waals surface area contributed by atoms with E-state index in [2.05, 4.69) is 15.5 Å². The maximum absolute atomic E-state index is 13.4. The molecule has 2 aromatic carbocycles. The highest BCUT2D eigenvalue weighted by Gasteiger charge is 2.33. The number of aryl methyl sites for hydroxylation is 2. The molecule has 5 rings (SSSR count). The number of alkyl halides is 3. The average Bonchev–Trinajstić information content (AvgIpc) is 3.55. The van der Waals surface area contributed by atoms with Crippen LogP contribution in [0.25, 0.3) is 21.8 Å². The fourth-order valence-electron chi connectivity index (χ4n) is 4.64. The smallest absolute Gasteiger partial charge is 0.362 e. The minimum atomic E-state index is -4.42. The van der Waals surface area contributed by atoms with Crippen LogP contribution in [-0.4, -0.2) is 19.3 Å². The largest absolute Gasteiger partial charge is 0.416 e. The van der Waals surface area contributed by atoms with Gasteiger partial charge in [0.25, 0.3) is 0 Å². The Morgan fingerprint density at radius 3 is 2.45 bits per heavy atom. The molecule has 2 aromatic heterocycles. The summed E-state index contributed by atoms with van der Waals surface area (Å²) in [5.41, 5.74) is 2.39. The maximum atomic E-state index is 13.4. The van der Waals surface area contributed by atoms with E-state index >= 15 is 0 Å². The van der Waals surface area contributed by atoms with Gasteiger partial charge in [-0.1, -0.05) is 12.1 Å². The number of rotatable bonds is 4. The molecule has 1 N–H and O–H groups in total. The number of hydrogen-bond acceptors (Lipinski definition) is 4. The number of nitrogens with zero attached hydrogens (tertiary/aromatic N) is 4. The van der Waals surface area contributed by atoms with Crippen molar-refractivity contribution in [3.05, 3.63) is 63.2 Å². The van der Waals surface area contributed by atoms with E-state index in [4.69, 9.17) is 0 Å². The molecule has 1 atom stereocenters. The third-order valence-electron chi connectivity index (χ3n) is 6.59. The fourth-order valence-corrected chi connectivity index (χ4v) is 4.64. The lowest BCUT2D eigenvalue weighted by Crippen LogP contribution is -2.21. The normalized spacial score (nSPS) is 15.4. The Morgan fingerprint density at radius 1 is 1.09 bits per heavy atom. The van der Waals surface area contributed by atoms with E-state index in [0.717, 1.165) is 40.7 Å². The van der Waals surface area contributed by atoms with Crippen LogP contribution in [0.2, 0.25) is 0 Å². The molecule has 0 aliphatic heterocycles. The highest BCUT2D eigenvalue weighted by atomic mass is 19.4. The number of halogens is 3. The first-order valence-corrected chi connectivity index (χ1v) is 10.9. The van der Waals surface area contributed by atoms with E-state index < -0.39 is 17.8 Å². The summed E-state index contributed by atoms with van der Waals surface area (Å²) in [5.74, 6) is 0.473. The van der Waals surface area contributed by atoms with E-state index in [9.17, 15) is 18.0 Å². The minimum Gasteiger partial charge on any atom is -0.362 e. The number of aromatic nitrogens is 4. The Morgan fingerprint density at radius 2 is 1.79 bits per heavy atom. The van der Waals surface area contributed by atoms with Crippen LogP contribution in [0.5, 0.6) is 0 Å². The van der Waals surface area contributed by atoms with Crippen molar-refractivity contribution >= 4 is 27.6 Å². The molecule has 2 heterocycles. The predicted octanol–water partition coefficient (Wildman–Crippen LogP) is 5.43. The molecular weight excluding hydrogens is 431 g/mol. The van der Waals surface area contributed by atoms with Crippen molar-refractivity contribution in [2.45, 2.75) is 51.9 Å². The van der Waals surface area contributed by atoms with Crippen molar-refractivity contribution in [1.82, 2.24) is 19.3 Å². The number of imidazole rings is 1. The predicted molar refractivity (Wildman–Crippen MR) is 122 cm³/mol. The molecule has 1 saturated carbocycles. The van der Waals surface area contributed by atoms with E-state index in [1.54, 1.807) is 24.6 Å². The molecule has 9 heteroatoms. The van der Waals surface area contributed by atoms with Gasteiger partial charge in [0.15, 0.2) is 5.82 Å². The third-order valence-corrected chi connectivity index (χ3v) is 6.59. The molecule has 1 fully saturated rings. The zero-order valence-electron chi connectivity index (χ0n) is 18.8. The molecule has 33 heavy (non-hydrogen) atoms. The molecule has 0 bridgehead atoms. The summed E-state index contributed by atoms with van der Waals surface area (Å²) >= 11 is 0. The average molecular weight is 455 g/mol. The first-order valence-electron chi connectivity index (χ1n) is 10.9. The van der Waals surface area contributed by atoms with Gasteiger partial charge in [-0.05, 0) is 62.9 Å². The van der Waals surface area contributed by atoms with E-state index in [0.29, 0.717) is 17.1 Å². The molecule has 4 aromatic rings. The first-order chi connectivity index (χ1) is 15.6. The van der Waals surface area contributed by atoms with Gasteiger partial charge < -0.3 is 5.32 Å². The zero-order chi connectivity index (χ0) is 23.7. The lowest BCUT2D eigenvalue weighted by Gasteiger charge is -2.21. The highest BCUT2D eigenvalue weighted by Crippen LogP contribution is 2.39. The quantitative estimate of drug-likeness (QED) is 0.446. The summed E-state index contributed by atoms with van der Waals surface area (Å²) in [6.07, 6.45) is -2.47. The second-order valence-corrected chi connectivity index (χ2v) is 8.85. The van der Waals surface area contributed by atoms with Crippen LogP contribution in [0.4, 0.5) is 19.0 Å². The second-order valence-electron chi connectivity index (χ2n) is 8.85. The van der Waals surface area contributed by atoms with E-state index in [1.807, 2.05) is 23.6 Å². The van der Waals surface area contributed by atoms with Gasteiger partial charge in [-0.25, -0.2) is 4.79 Å². The molecule has 6 nitrogen and oxygen atoms in total. The van der Waals surface area contributed by atoms with Crippen LogP contribution in [0.15, 0.2) is 35.1 Å². The van der Waals surface area contributed by atoms with Crippen molar-refractivity contribution in [2.75, 3.05) is 5.32 Å². The zero-order valence-corrected chi connectivity index (χ0v) is 18.8. The van der Waals surface area contributed by atoms with Crippen molar-refractivity contribution in [3.8, 4) is 0 Å². The summed E-state index contributed by atoms with van der Waals surface area (Å²) in [5, 5.41) is 13.5. The van der Waals surface area contributed by atoms with Gasteiger partial charge in [0.05, 0.1) is 28.3 Å². The van der Waals surface area contributed by atoms with Gasteiger partial charge in [-0.15, -0.1) is 5.10 Å². The summed E-state index contributed by atoms with van der Waals surface area (Å²) in [4.78, 5) is 12.8. The summed E-state index contributed by atoms with van der Waals surface area (Å²) in [6.45, 7) is 5.13. The van der Waals surface area contributed by atoms with Crippen LogP contribution in [0.3, 0.4) is 0 Å². The number of hydrogen-bond donors (Lipinski definition) is 1. The Kier molecular flexibility index (Phi) is 4.77. The van der Waals surface area contributed by atoms with Crippen LogP contribution >= 0.6 is 0 Å². The third kappa shape index (κ3) is 3.46. The van der Waals surface area contributed by atoms with E-state index in [1.165, 1.54) is 13.0 Å². The molecule has 1 aliphatic carbocycles. The standard InChI is InChI=1S/C24H24F3N5O/c1-12-16(6-5-7-19(12)24(25,26)27)13(2)28-22-18-11-21-20(10-17(18)14(3)29-30-22)31(4)23(33)32(21)15-8-9-15/h5-7,10-11,13,15H,8-9H2,1-4H3,(H,28,30)/t13-/m1/s1. The van der Waals surface area contributed by atoms with Crippen molar-refractivity contribution in [2.24, 2.45) is 7.05 Å². The Labute approximate surface area is 188 Å². The molecule has 1 aliphatic rings. The van der Waals surface area contributed by atoms with Gasteiger partial charge >= 0.3 is 11.9 Å². The number of anilines is 1. The van der Waals surface area contributed by atoms with Crippen molar-refractivity contribution < 1.29 is 13.2 Å². The van der Waals surface area contributed by atoms with Crippen LogP contribution in [0, 0.1) is 13.8 Å². The Bertz CT molecular complexity index is 1460. The van der Waals surface area contributed by atoms with E-state index in [-0.39, 0.29) is 17.3 Å². The molecule has 0 unspecified atom stereocenters. The Balaban J connectivity index is 1.63. The SMILES string of the molecule is Cc1c([C@@H](C)Nc2nnc(C)c3cc4c(cc23)n(C2CC2)c(=O)n4C)cccc1C(F)(F)F. The summed E-state index contributed by atoms with van der Waals surface area (Å²) < 4.78 is 43.6. The van der Waals surface area contributed by atoms with Crippen molar-refractivity contribution in [1.29, 1.82) is 0 Å². The van der Waals surface area contributed by atoms with Gasteiger partial charge in [0.1, 0.15) is 0 Å². The minimum absolute atomic E-state index is 0.0520. The van der Waals surface area contributed by atoms with Gasteiger partial charge in [-0.2, -0.15) is 18.3 Å². The van der Waals surface area contributed by atoms with Crippen LogP contribution in [0.1, 0.15) is 54.2 Å². The number of fused-ring (bicyclic) bond motifs is 2. The van der Waals surface area contributed by atoms with Gasteiger partial charge in [-0.3, -0.25) is 9.13 Å². The summed E-state index contributed by atoms with van der Waals surface area (Å²) in [7, 11) is 1.76. The summed E-state index contributed by atoms with van der Waals surface area (Å²) in [6, 6.07) is 7.86. The van der Waals surface area contributed by atoms with Gasteiger partial charge in [0, 0.05) is 23.9 Å². The second kappa shape index (κ2) is 7.33. The van der Waals surface area contributed by atoms with Crippen LogP contribution in [-0.2, 0) is 13.2 Å². The number of benzene rings is 2. The molecule has 0 spiro atoms. The topological polar surface area (TPSA) is 64.7 Å². The molecule has 0 saturated heterocycles. The van der Waals surface area contributed by atoms with Gasteiger partial charge in [0.2, 0.25) is 0 Å². The maximum Gasteiger partial charge on any atom is 0.416 e. The van der Waals surface area contributed by atoms with Crippen molar-refractivity contribution in [3.63, 3.8) is 0 Å².